The van der Waals surface area contributed by atoms with E-state index in [2.05, 4.69) is 0 Å². The lowest BCUT2D eigenvalue weighted by molar-refractivity contribution is 0.0592. The average molecular weight is 551 g/mol. The number of carbonyl (C=O) groups excluding carboxylic acids is 2. The van der Waals surface area contributed by atoms with Crippen molar-refractivity contribution < 1.29 is 33.0 Å². The van der Waals surface area contributed by atoms with Crippen molar-refractivity contribution in [3.8, 4) is 22.8 Å². The molecule has 0 bridgehead atoms. The number of rotatable bonds is 9. The van der Waals surface area contributed by atoms with E-state index < -0.39 is 11.9 Å². The Bertz CT molecular complexity index is 1740. The molecule has 1 heterocycles. The van der Waals surface area contributed by atoms with Crippen molar-refractivity contribution in [1.29, 1.82) is 0 Å². The molecule has 1 aromatic heterocycles. The Balaban J connectivity index is 1.46. The monoisotopic (exact) mass is 550 g/mol. The van der Waals surface area contributed by atoms with E-state index >= 15 is 0 Å². The summed E-state index contributed by atoms with van der Waals surface area (Å²) in [5.74, 6) is 0.295. The molecule has 0 unspecified atom stereocenters. The first-order chi connectivity index (χ1) is 19.9. The highest BCUT2D eigenvalue weighted by Crippen LogP contribution is 2.33. The van der Waals surface area contributed by atoms with E-state index in [1.165, 1.54) is 20.3 Å². The van der Waals surface area contributed by atoms with Gasteiger partial charge in [-0.1, -0.05) is 54.6 Å². The molecule has 0 saturated carbocycles. The zero-order chi connectivity index (χ0) is 28.8. The van der Waals surface area contributed by atoms with Crippen molar-refractivity contribution in [2.75, 3.05) is 14.2 Å². The third-order valence-corrected chi connectivity index (χ3v) is 6.38. The second-order valence-electron chi connectivity index (χ2n) is 9.09. The van der Waals surface area contributed by atoms with Crippen molar-refractivity contribution >= 4 is 22.9 Å². The minimum absolute atomic E-state index is 0.134. The van der Waals surface area contributed by atoms with E-state index in [1.54, 1.807) is 60.7 Å². The lowest BCUT2D eigenvalue weighted by Crippen LogP contribution is -2.06. The van der Waals surface area contributed by atoms with Gasteiger partial charge in [-0.25, -0.2) is 9.59 Å². The molecule has 8 heteroatoms. The van der Waals surface area contributed by atoms with Gasteiger partial charge in [0, 0.05) is 23.8 Å². The maximum absolute atomic E-state index is 13.3. The van der Waals surface area contributed by atoms with Crippen molar-refractivity contribution in [2.24, 2.45) is 0 Å². The van der Waals surface area contributed by atoms with Crippen LogP contribution in [0.2, 0.25) is 0 Å². The number of fused-ring (bicyclic) bond motifs is 1. The zero-order valence-electron chi connectivity index (χ0n) is 22.4. The van der Waals surface area contributed by atoms with Gasteiger partial charge in [0.05, 0.1) is 25.3 Å². The zero-order valence-corrected chi connectivity index (χ0v) is 22.4. The van der Waals surface area contributed by atoms with Gasteiger partial charge in [0.2, 0.25) is 0 Å². The lowest BCUT2D eigenvalue weighted by Gasteiger charge is -2.13. The van der Waals surface area contributed by atoms with Crippen LogP contribution in [0, 0.1) is 0 Å². The molecule has 4 aromatic carbocycles. The summed E-state index contributed by atoms with van der Waals surface area (Å²) >= 11 is 0. The van der Waals surface area contributed by atoms with Crippen LogP contribution in [0.1, 0.15) is 31.8 Å². The van der Waals surface area contributed by atoms with Gasteiger partial charge in [0.25, 0.3) is 0 Å². The van der Waals surface area contributed by atoms with Gasteiger partial charge in [-0.15, -0.1) is 0 Å². The molecule has 0 fully saturated rings. The number of hydrogen-bond donors (Lipinski definition) is 0. The number of carbonyl (C=O) groups is 2. The summed E-state index contributed by atoms with van der Waals surface area (Å²) < 4.78 is 27.8. The largest absolute Gasteiger partial charge is 0.489 e. The molecular weight excluding hydrogens is 524 g/mol. The molecule has 8 nitrogen and oxygen atoms in total. The molecule has 0 radical (unpaired) electrons. The highest BCUT2D eigenvalue weighted by Gasteiger charge is 2.16. The summed E-state index contributed by atoms with van der Waals surface area (Å²) in [5, 5.41) is 0.283. The Hall–Kier alpha value is -5.37. The van der Waals surface area contributed by atoms with Gasteiger partial charge in [-0.3, -0.25) is 4.79 Å². The molecule has 0 atom stereocenters. The van der Waals surface area contributed by atoms with Gasteiger partial charge in [-0.2, -0.15) is 0 Å². The van der Waals surface area contributed by atoms with Crippen LogP contribution in [-0.2, 0) is 22.7 Å². The lowest BCUT2D eigenvalue weighted by atomic mass is 10.1. The van der Waals surface area contributed by atoms with E-state index in [0.717, 1.165) is 16.7 Å². The quantitative estimate of drug-likeness (QED) is 0.200. The van der Waals surface area contributed by atoms with Gasteiger partial charge >= 0.3 is 11.9 Å². The van der Waals surface area contributed by atoms with E-state index in [1.807, 2.05) is 30.3 Å². The molecule has 5 aromatic rings. The summed E-state index contributed by atoms with van der Waals surface area (Å²) in [6.45, 7) is 0.332. The number of benzene rings is 4. The summed E-state index contributed by atoms with van der Waals surface area (Å²) in [6.07, 6.45) is 0. The van der Waals surface area contributed by atoms with Gasteiger partial charge in [0.1, 0.15) is 41.4 Å². The predicted octanol–water partition coefficient (Wildman–Crippen LogP) is 6.19. The number of ether oxygens (including phenoxy) is 4. The molecule has 41 heavy (non-hydrogen) atoms. The SMILES string of the molecule is COC(=O)c1ccc(COc2cc(OCc3ccc(C(=O)OC)cc3)c3c(=O)cc(-c4ccccc4)oc3c2)cc1. The topological polar surface area (TPSA) is 101 Å². The minimum atomic E-state index is -0.430. The van der Waals surface area contributed by atoms with Gasteiger partial charge in [-0.05, 0) is 35.4 Å². The van der Waals surface area contributed by atoms with Crippen molar-refractivity contribution in [3.63, 3.8) is 0 Å². The first kappa shape index (κ1) is 27.2. The third kappa shape index (κ3) is 6.28. The molecule has 0 aliphatic heterocycles. The number of esters is 2. The Morgan fingerprint density at radius 2 is 1.24 bits per heavy atom. The van der Waals surface area contributed by atoms with Crippen molar-refractivity contribution in [3.05, 3.63) is 130 Å². The molecular formula is C33H26O8. The molecule has 0 saturated heterocycles. The predicted molar refractivity (Wildman–Crippen MR) is 152 cm³/mol. The molecule has 206 valence electrons. The Kier molecular flexibility index (Phi) is 8.10. The molecule has 0 spiro atoms. The van der Waals surface area contributed by atoms with Crippen LogP contribution in [0.3, 0.4) is 0 Å². The van der Waals surface area contributed by atoms with E-state index in [9.17, 15) is 14.4 Å². The van der Waals surface area contributed by atoms with Crippen LogP contribution in [0.25, 0.3) is 22.3 Å². The maximum atomic E-state index is 13.3. The summed E-state index contributed by atoms with van der Waals surface area (Å²) in [5.41, 5.74) is 3.28. The fraction of sp³-hybridized carbons (Fsp3) is 0.121. The van der Waals surface area contributed by atoms with Crippen LogP contribution >= 0.6 is 0 Å². The van der Waals surface area contributed by atoms with Crippen LogP contribution in [0.15, 0.2) is 106 Å². The number of hydrogen-bond acceptors (Lipinski definition) is 8. The first-order valence-corrected chi connectivity index (χ1v) is 12.7. The Morgan fingerprint density at radius 1 is 0.683 bits per heavy atom. The highest BCUT2D eigenvalue weighted by molar-refractivity contribution is 5.90. The average Bonchev–Trinajstić information content (AvgIpc) is 3.02. The van der Waals surface area contributed by atoms with Gasteiger partial charge < -0.3 is 23.4 Å². The fourth-order valence-electron chi connectivity index (χ4n) is 4.21. The summed E-state index contributed by atoms with van der Waals surface area (Å²) in [6, 6.07) is 27.8. The fourth-order valence-corrected chi connectivity index (χ4v) is 4.21. The molecule has 0 aliphatic rings. The second kappa shape index (κ2) is 12.2. The van der Waals surface area contributed by atoms with E-state index in [-0.39, 0.29) is 24.0 Å². The molecule has 0 amide bonds. The summed E-state index contributed by atoms with van der Waals surface area (Å²) in [4.78, 5) is 36.8. The third-order valence-electron chi connectivity index (χ3n) is 6.38. The van der Waals surface area contributed by atoms with Crippen molar-refractivity contribution in [2.45, 2.75) is 13.2 Å². The maximum Gasteiger partial charge on any atom is 0.337 e. The molecule has 0 N–H and O–H groups in total. The Labute approximate surface area is 235 Å². The second-order valence-corrected chi connectivity index (χ2v) is 9.09. The number of methoxy groups -OCH3 is 2. The van der Waals surface area contributed by atoms with Crippen molar-refractivity contribution in [1.82, 2.24) is 0 Å². The minimum Gasteiger partial charge on any atom is -0.489 e. The van der Waals surface area contributed by atoms with E-state index in [0.29, 0.717) is 34.0 Å². The first-order valence-electron chi connectivity index (χ1n) is 12.7. The Morgan fingerprint density at radius 3 is 1.80 bits per heavy atom. The van der Waals surface area contributed by atoms with Crippen LogP contribution in [0.5, 0.6) is 11.5 Å². The normalized spacial score (nSPS) is 10.7. The highest BCUT2D eigenvalue weighted by atomic mass is 16.5. The van der Waals surface area contributed by atoms with Crippen LogP contribution in [-0.4, -0.2) is 26.2 Å². The van der Waals surface area contributed by atoms with Crippen LogP contribution in [0.4, 0.5) is 0 Å². The molecule has 5 rings (SSSR count). The summed E-state index contributed by atoms with van der Waals surface area (Å²) in [7, 11) is 2.66. The smallest absolute Gasteiger partial charge is 0.337 e. The van der Waals surface area contributed by atoms with E-state index in [4.69, 9.17) is 23.4 Å². The van der Waals surface area contributed by atoms with Crippen LogP contribution < -0.4 is 14.9 Å². The van der Waals surface area contributed by atoms with Gasteiger partial charge in [0.15, 0.2) is 5.43 Å². The molecule has 0 aliphatic carbocycles. The standard InChI is InChI=1S/C33H26O8/c1-37-32(35)24-12-8-21(9-13-24)19-39-26-16-29(40-20-22-10-14-25(15-11-22)33(36)38-2)31-27(34)18-28(41-30(31)17-26)23-6-4-3-5-7-23/h3-18H,19-20H2,1-2H3.